The second-order valence-electron chi connectivity index (χ2n) is 4.78. The van der Waals surface area contributed by atoms with E-state index in [-0.39, 0.29) is 6.61 Å². The summed E-state index contributed by atoms with van der Waals surface area (Å²) in [7, 11) is 1.45. The number of aliphatic hydroxyl groups excluding tert-OH is 1. The van der Waals surface area contributed by atoms with Gasteiger partial charge in [0.15, 0.2) is 12.2 Å². The summed E-state index contributed by atoms with van der Waals surface area (Å²) in [6.45, 7) is -2.72. The van der Waals surface area contributed by atoms with Crippen LogP contribution in [0.15, 0.2) is 24.3 Å². The molecule has 1 aromatic rings. The lowest BCUT2D eigenvalue weighted by atomic mass is 10.2. The normalized spacial score (nSPS) is 15.2. The van der Waals surface area contributed by atoms with E-state index >= 15 is 0 Å². The molecule has 0 fully saturated rings. The van der Waals surface area contributed by atoms with Gasteiger partial charge in [0, 0.05) is 0 Å². The minimum atomic E-state index is -5.06. The molecule has 0 aromatic heterocycles. The van der Waals surface area contributed by atoms with E-state index in [1.807, 2.05) is 0 Å². The summed E-state index contributed by atoms with van der Waals surface area (Å²) in [4.78, 5) is 0. The van der Waals surface area contributed by atoms with E-state index in [1.54, 1.807) is 24.3 Å². The van der Waals surface area contributed by atoms with Gasteiger partial charge in [-0.3, -0.25) is 0 Å². The van der Waals surface area contributed by atoms with Gasteiger partial charge in [-0.15, -0.1) is 0 Å². The molecule has 1 aromatic carbocycles. The zero-order chi connectivity index (χ0) is 18.4. The highest BCUT2D eigenvalue weighted by Crippen LogP contribution is 2.26. The zero-order valence-corrected chi connectivity index (χ0v) is 12.5. The summed E-state index contributed by atoms with van der Waals surface area (Å²) in [5.74, 6) is 0.552. The first-order valence-electron chi connectivity index (χ1n) is 6.67. The van der Waals surface area contributed by atoms with Crippen molar-refractivity contribution in [3.05, 3.63) is 29.8 Å². The minimum absolute atomic E-state index is 0.193. The predicted octanol–water partition coefficient (Wildman–Crippen LogP) is 3.08. The van der Waals surface area contributed by atoms with E-state index in [0.717, 1.165) is 0 Å². The predicted molar refractivity (Wildman–Crippen MR) is 70.5 cm³/mol. The SMILES string of the molecule is COc1ccc(COC[C@@H](OCC(O)C(F)(F)F)C(F)(F)F)cc1. The summed E-state index contributed by atoms with van der Waals surface area (Å²) in [6, 6.07) is 6.29. The second kappa shape index (κ2) is 8.54. The zero-order valence-electron chi connectivity index (χ0n) is 12.5. The molecule has 2 atom stereocenters. The number of hydrogen-bond donors (Lipinski definition) is 1. The Labute approximate surface area is 133 Å². The molecule has 0 spiro atoms. The Hall–Kier alpha value is -1.52. The number of aliphatic hydroxyl groups is 1. The number of benzene rings is 1. The molecule has 0 heterocycles. The van der Waals surface area contributed by atoms with E-state index in [2.05, 4.69) is 4.74 Å². The van der Waals surface area contributed by atoms with Crippen LogP contribution >= 0.6 is 0 Å². The third kappa shape index (κ3) is 6.93. The van der Waals surface area contributed by atoms with Gasteiger partial charge < -0.3 is 19.3 Å². The number of methoxy groups -OCH3 is 1. The van der Waals surface area contributed by atoms with Crippen LogP contribution in [0, 0.1) is 0 Å². The lowest BCUT2D eigenvalue weighted by Crippen LogP contribution is -2.41. The Bertz CT molecular complexity index is 486. The highest BCUT2D eigenvalue weighted by atomic mass is 19.4. The van der Waals surface area contributed by atoms with Gasteiger partial charge in [0.1, 0.15) is 5.75 Å². The van der Waals surface area contributed by atoms with E-state index < -0.39 is 37.8 Å². The van der Waals surface area contributed by atoms with E-state index in [4.69, 9.17) is 14.6 Å². The van der Waals surface area contributed by atoms with Crippen molar-refractivity contribution in [2.75, 3.05) is 20.3 Å². The molecule has 0 radical (unpaired) electrons. The van der Waals surface area contributed by atoms with E-state index in [0.29, 0.717) is 11.3 Å². The van der Waals surface area contributed by atoms with Crippen LogP contribution in [0.4, 0.5) is 26.3 Å². The maximum atomic E-state index is 12.7. The van der Waals surface area contributed by atoms with Gasteiger partial charge in [0.2, 0.25) is 0 Å². The summed E-state index contributed by atoms with van der Waals surface area (Å²) >= 11 is 0. The molecule has 0 aliphatic rings. The maximum absolute atomic E-state index is 12.7. The molecule has 1 rings (SSSR count). The Kier molecular flexibility index (Phi) is 7.30. The first-order chi connectivity index (χ1) is 11.0. The van der Waals surface area contributed by atoms with Gasteiger partial charge in [-0.2, -0.15) is 26.3 Å². The monoisotopic (exact) mass is 362 g/mol. The van der Waals surface area contributed by atoms with Crippen molar-refractivity contribution in [2.45, 2.75) is 31.2 Å². The molecule has 1 N–H and O–H groups in total. The number of halogens is 6. The molecular weight excluding hydrogens is 346 g/mol. The Morgan fingerprint density at radius 2 is 1.54 bits per heavy atom. The quantitative estimate of drug-likeness (QED) is 0.722. The Morgan fingerprint density at radius 1 is 0.958 bits per heavy atom. The fraction of sp³-hybridized carbons (Fsp3) is 0.571. The van der Waals surface area contributed by atoms with Gasteiger partial charge in [-0.1, -0.05) is 12.1 Å². The van der Waals surface area contributed by atoms with Crippen LogP contribution in [0.2, 0.25) is 0 Å². The van der Waals surface area contributed by atoms with Crippen molar-refractivity contribution >= 4 is 0 Å². The van der Waals surface area contributed by atoms with Crippen LogP contribution in [-0.4, -0.2) is 50.0 Å². The lowest BCUT2D eigenvalue weighted by Gasteiger charge is -2.23. The third-order valence-electron chi connectivity index (χ3n) is 2.90. The highest BCUT2D eigenvalue weighted by Gasteiger charge is 2.44. The standard InChI is InChI=1S/C14H16F6O4/c1-22-10-4-2-9(3-5-10)6-23-8-12(14(18,19)20)24-7-11(21)13(15,16)17/h2-5,11-12,21H,6-8H2,1H3/t11?,12-/m1/s1. The van der Waals surface area contributed by atoms with Gasteiger partial charge in [-0.25, -0.2) is 0 Å². The summed E-state index contributed by atoms with van der Waals surface area (Å²) < 4.78 is 88.3. The lowest BCUT2D eigenvalue weighted by molar-refractivity contribution is -0.263. The van der Waals surface area contributed by atoms with Gasteiger partial charge in [0.25, 0.3) is 0 Å². The Morgan fingerprint density at radius 3 is 2.00 bits per heavy atom. The summed E-state index contributed by atoms with van der Waals surface area (Å²) in [6.07, 6.45) is -15.6. The van der Waals surface area contributed by atoms with Crippen molar-refractivity contribution in [1.82, 2.24) is 0 Å². The highest BCUT2D eigenvalue weighted by molar-refractivity contribution is 5.26. The number of alkyl halides is 6. The van der Waals surface area contributed by atoms with Crippen LogP contribution < -0.4 is 4.74 Å². The van der Waals surface area contributed by atoms with Gasteiger partial charge in [0.05, 0.1) is 26.9 Å². The van der Waals surface area contributed by atoms with Crippen molar-refractivity contribution in [2.24, 2.45) is 0 Å². The van der Waals surface area contributed by atoms with Gasteiger partial charge in [-0.05, 0) is 17.7 Å². The minimum Gasteiger partial charge on any atom is -0.497 e. The van der Waals surface area contributed by atoms with Crippen LogP contribution in [0.3, 0.4) is 0 Å². The van der Waals surface area contributed by atoms with E-state index in [9.17, 15) is 26.3 Å². The largest absolute Gasteiger partial charge is 0.497 e. The molecule has 10 heteroatoms. The second-order valence-corrected chi connectivity index (χ2v) is 4.78. The molecular formula is C14H16F6O4. The molecule has 138 valence electrons. The number of rotatable bonds is 8. The molecule has 4 nitrogen and oxygen atoms in total. The topological polar surface area (TPSA) is 47.9 Å². The van der Waals surface area contributed by atoms with Crippen molar-refractivity contribution in [1.29, 1.82) is 0 Å². The Balaban J connectivity index is 2.51. The first-order valence-corrected chi connectivity index (χ1v) is 6.67. The van der Waals surface area contributed by atoms with Crippen molar-refractivity contribution in [3.8, 4) is 5.75 Å². The maximum Gasteiger partial charge on any atom is 0.416 e. The smallest absolute Gasteiger partial charge is 0.416 e. The summed E-state index contributed by atoms with van der Waals surface area (Å²) in [5, 5.41) is 8.68. The van der Waals surface area contributed by atoms with Crippen molar-refractivity contribution in [3.63, 3.8) is 0 Å². The molecule has 0 saturated carbocycles. The average Bonchev–Trinajstić information content (AvgIpc) is 2.48. The fourth-order valence-electron chi connectivity index (χ4n) is 1.54. The molecule has 0 saturated heterocycles. The van der Waals surface area contributed by atoms with Crippen LogP contribution in [-0.2, 0) is 16.1 Å². The van der Waals surface area contributed by atoms with Crippen LogP contribution in [0.25, 0.3) is 0 Å². The van der Waals surface area contributed by atoms with E-state index in [1.165, 1.54) is 7.11 Å². The molecule has 0 amide bonds. The van der Waals surface area contributed by atoms with Crippen molar-refractivity contribution < 1.29 is 45.7 Å². The fourth-order valence-corrected chi connectivity index (χ4v) is 1.54. The molecule has 0 aliphatic carbocycles. The number of hydrogen-bond acceptors (Lipinski definition) is 4. The van der Waals surface area contributed by atoms with Gasteiger partial charge >= 0.3 is 12.4 Å². The number of ether oxygens (including phenoxy) is 3. The molecule has 0 aliphatic heterocycles. The molecule has 24 heavy (non-hydrogen) atoms. The average molecular weight is 362 g/mol. The van der Waals surface area contributed by atoms with Crippen LogP contribution in [0.5, 0.6) is 5.75 Å². The third-order valence-corrected chi connectivity index (χ3v) is 2.90. The summed E-state index contributed by atoms with van der Waals surface area (Å²) in [5.41, 5.74) is 0.548. The first kappa shape index (κ1) is 20.5. The molecule has 1 unspecified atom stereocenters. The molecule has 0 bridgehead atoms. The van der Waals surface area contributed by atoms with Crippen LogP contribution in [0.1, 0.15) is 5.56 Å².